The van der Waals surface area contributed by atoms with E-state index in [1.54, 1.807) is 24.5 Å². The standard InChI is InChI=1S/C11H14N2O/c1-3-13(9-12-2)11-6-4-10(8-14)5-7-11/h3-7,9,14H,1,8H2,2H3. The Kier molecular flexibility index (Phi) is 3.88. The van der Waals surface area contributed by atoms with Gasteiger partial charge in [0.15, 0.2) is 0 Å². The van der Waals surface area contributed by atoms with Crippen LogP contribution in [0, 0.1) is 0 Å². The lowest BCUT2D eigenvalue weighted by Crippen LogP contribution is -2.12. The number of aliphatic hydroxyl groups is 1. The smallest absolute Gasteiger partial charge is 0.0931 e. The fourth-order valence-electron chi connectivity index (χ4n) is 1.12. The van der Waals surface area contributed by atoms with Crippen LogP contribution in [-0.2, 0) is 6.61 Å². The van der Waals surface area contributed by atoms with Crippen LogP contribution in [0.5, 0.6) is 0 Å². The first-order valence-electron chi connectivity index (χ1n) is 4.34. The van der Waals surface area contributed by atoms with Gasteiger partial charge in [-0.3, -0.25) is 4.99 Å². The molecule has 0 unspecified atom stereocenters. The number of aliphatic imine (C=N–C) groups is 1. The van der Waals surface area contributed by atoms with Gasteiger partial charge in [-0.2, -0.15) is 0 Å². The molecule has 3 heteroatoms. The van der Waals surface area contributed by atoms with Crippen molar-refractivity contribution in [2.75, 3.05) is 11.9 Å². The summed E-state index contributed by atoms with van der Waals surface area (Å²) in [6.07, 6.45) is 3.36. The molecule has 1 N–H and O–H groups in total. The SMILES string of the molecule is C=CN(C=NC)c1ccc(CO)cc1. The van der Waals surface area contributed by atoms with Gasteiger partial charge in [-0.15, -0.1) is 0 Å². The van der Waals surface area contributed by atoms with Gasteiger partial charge in [0.25, 0.3) is 0 Å². The minimum absolute atomic E-state index is 0.0657. The first kappa shape index (κ1) is 10.5. The number of aliphatic hydroxyl groups excluding tert-OH is 1. The van der Waals surface area contributed by atoms with E-state index in [4.69, 9.17) is 5.11 Å². The second-order valence-corrected chi connectivity index (χ2v) is 2.79. The van der Waals surface area contributed by atoms with E-state index < -0.39 is 0 Å². The summed E-state index contributed by atoms with van der Waals surface area (Å²) in [5.74, 6) is 0. The number of hydrogen-bond acceptors (Lipinski definition) is 2. The predicted octanol–water partition coefficient (Wildman–Crippen LogP) is 1.79. The van der Waals surface area contributed by atoms with Crippen molar-refractivity contribution in [2.45, 2.75) is 6.61 Å². The van der Waals surface area contributed by atoms with Gasteiger partial charge in [0.2, 0.25) is 0 Å². The van der Waals surface area contributed by atoms with Crippen LogP contribution in [0.25, 0.3) is 0 Å². The highest BCUT2D eigenvalue weighted by Gasteiger charge is 1.98. The van der Waals surface area contributed by atoms with E-state index in [0.29, 0.717) is 0 Å². The zero-order chi connectivity index (χ0) is 10.4. The Labute approximate surface area is 84.0 Å². The van der Waals surface area contributed by atoms with Crippen molar-refractivity contribution in [3.8, 4) is 0 Å². The van der Waals surface area contributed by atoms with E-state index in [9.17, 15) is 0 Å². The Bertz CT molecular complexity index is 317. The Morgan fingerprint density at radius 2 is 2.07 bits per heavy atom. The summed E-state index contributed by atoms with van der Waals surface area (Å²) < 4.78 is 0. The van der Waals surface area contributed by atoms with Crippen LogP contribution in [0.2, 0.25) is 0 Å². The van der Waals surface area contributed by atoms with Gasteiger partial charge < -0.3 is 10.0 Å². The lowest BCUT2D eigenvalue weighted by molar-refractivity contribution is 0.282. The minimum Gasteiger partial charge on any atom is -0.392 e. The molecule has 14 heavy (non-hydrogen) atoms. The van der Waals surface area contributed by atoms with E-state index in [1.807, 2.05) is 24.3 Å². The second kappa shape index (κ2) is 5.19. The predicted molar refractivity (Wildman–Crippen MR) is 59.5 cm³/mol. The molecule has 0 aliphatic carbocycles. The molecule has 0 aromatic heterocycles. The molecule has 0 heterocycles. The Hall–Kier alpha value is -1.61. The molecule has 0 bridgehead atoms. The van der Waals surface area contributed by atoms with E-state index >= 15 is 0 Å². The van der Waals surface area contributed by atoms with Gasteiger partial charge in [0.05, 0.1) is 12.9 Å². The molecular weight excluding hydrogens is 176 g/mol. The number of hydrogen-bond donors (Lipinski definition) is 1. The Morgan fingerprint density at radius 3 is 2.50 bits per heavy atom. The van der Waals surface area contributed by atoms with Crippen LogP contribution >= 0.6 is 0 Å². The third-order valence-electron chi connectivity index (χ3n) is 1.85. The number of benzene rings is 1. The van der Waals surface area contributed by atoms with Crippen molar-refractivity contribution >= 4 is 12.0 Å². The second-order valence-electron chi connectivity index (χ2n) is 2.79. The molecule has 0 fully saturated rings. The van der Waals surface area contributed by atoms with Crippen molar-refractivity contribution in [3.63, 3.8) is 0 Å². The fraction of sp³-hybridized carbons (Fsp3) is 0.182. The normalized spacial score (nSPS) is 10.4. The first-order valence-corrected chi connectivity index (χ1v) is 4.34. The first-order chi connectivity index (χ1) is 6.81. The highest BCUT2D eigenvalue weighted by Crippen LogP contribution is 2.14. The molecule has 0 radical (unpaired) electrons. The molecular formula is C11H14N2O. The largest absolute Gasteiger partial charge is 0.392 e. The van der Waals surface area contributed by atoms with Crippen molar-refractivity contribution < 1.29 is 5.11 Å². The molecule has 0 aliphatic rings. The Morgan fingerprint density at radius 1 is 1.43 bits per heavy atom. The number of rotatable bonds is 4. The molecule has 1 aromatic carbocycles. The zero-order valence-corrected chi connectivity index (χ0v) is 8.22. The van der Waals surface area contributed by atoms with Crippen LogP contribution in [0.1, 0.15) is 5.56 Å². The molecule has 0 amide bonds. The van der Waals surface area contributed by atoms with Crippen molar-refractivity contribution in [1.29, 1.82) is 0 Å². The maximum Gasteiger partial charge on any atom is 0.0931 e. The van der Waals surface area contributed by atoms with Crippen LogP contribution in [0.3, 0.4) is 0 Å². The highest BCUT2D eigenvalue weighted by atomic mass is 16.3. The topological polar surface area (TPSA) is 35.8 Å². The average Bonchev–Trinajstić information content (AvgIpc) is 2.26. The third kappa shape index (κ3) is 2.44. The fourth-order valence-corrected chi connectivity index (χ4v) is 1.12. The molecule has 0 aliphatic heterocycles. The summed E-state index contributed by atoms with van der Waals surface area (Å²) in [7, 11) is 1.71. The van der Waals surface area contributed by atoms with Crippen molar-refractivity contribution in [1.82, 2.24) is 0 Å². The third-order valence-corrected chi connectivity index (χ3v) is 1.85. The van der Waals surface area contributed by atoms with E-state index in [2.05, 4.69) is 11.6 Å². The monoisotopic (exact) mass is 190 g/mol. The summed E-state index contributed by atoms with van der Waals surface area (Å²) in [5, 5.41) is 8.87. The van der Waals surface area contributed by atoms with Crippen molar-refractivity contribution in [2.24, 2.45) is 4.99 Å². The number of nitrogens with zero attached hydrogens (tertiary/aromatic N) is 2. The number of anilines is 1. The van der Waals surface area contributed by atoms with Crippen LogP contribution in [0.4, 0.5) is 5.69 Å². The summed E-state index contributed by atoms with van der Waals surface area (Å²) in [5.41, 5.74) is 1.87. The van der Waals surface area contributed by atoms with Gasteiger partial charge in [-0.1, -0.05) is 18.7 Å². The minimum atomic E-state index is 0.0657. The maximum absolute atomic E-state index is 8.87. The molecule has 0 saturated carbocycles. The van der Waals surface area contributed by atoms with E-state index in [1.165, 1.54) is 0 Å². The van der Waals surface area contributed by atoms with Gasteiger partial charge in [-0.25, -0.2) is 0 Å². The summed E-state index contributed by atoms with van der Waals surface area (Å²) in [4.78, 5) is 5.71. The van der Waals surface area contributed by atoms with E-state index in [-0.39, 0.29) is 6.61 Å². The molecule has 0 saturated heterocycles. The van der Waals surface area contributed by atoms with E-state index in [0.717, 1.165) is 11.3 Å². The average molecular weight is 190 g/mol. The van der Waals surface area contributed by atoms with Crippen LogP contribution in [0.15, 0.2) is 42.0 Å². The Balaban J connectivity index is 2.88. The highest BCUT2D eigenvalue weighted by molar-refractivity contribution is 5.81. The molecule has 0 atom stereocenters. The van der Waals surface area contributed by atoms with Gasteiger partial charge in [0.1, 0.15) is 0 Å². The van der Waals surface area contributed by atoms with Gasteiger partial charge >= 0.3 is 0 Å². The zero-order valence-electron chi connectivity index (χ0n) is 8.22. The van der Waals surface area contributed by atoms with Crippen LogP contribution < -0.4 is 4.90 Å². The molecule has 0 spiro atoms. The lowest BCUT2D eigenvalue weighted by Gasteiger charge is -2.13. The molecule has 1 aromatic rings. The quantitative estimate of drug-likeness (QED) is 0.580. The molecule has 3 nitrogen and oxygen atoms in total. The maximum atomic E-state index is 8.87. The summed E-state index contributed by atoms with van der Waals surface area (Å²) in [6.45, 7) is 3.75. The summed E-state index contributed by atoms with van der Waals surface area (Å²) >= 11 is 0. The molecule has 1 rings (SSSR count). The lowest BCUT2D eigenvalue weighted by atomic mass is 10.2. The van der Waals surface area contributed by atoms with Crippen molar-refractivity contribution in [3.05, 3.63) is 42.6 Å². The molecule has 74 valence electrons. The van der Waals surface area contributed by atoms with Gasteiger partial charge in [0, 0.05) is 18.9 Å². The summed E-state index contributed by atoms with van der Waals surface area (Å²) in [6, 6.07) is 7.56. The van der Waals surface area contributed by atoms with Gasteiger partial charge in [-0.05, 0) is 17.7 Å². The van der Waals surface area contributed by atoms with Crippen LogP contribution in [-0.4, -0.2) is 18.5 Å².